The van der Waals surface area contributed by atoms with Crippen LogP contribution >= 0.6 is 0 Å². The molecular weight excluding hydrogens is 198 g/mol. The second-order valence-corrected chi connectivity index (χ2v) is 3.00. The highest BCUT2D eigenvalue weighted by Crippen LogP contribution is 2.16. The number of anilines is 2. The van der Waals surface area contributed by atoms with Gasteiger partial charge in [-0.2, -0.15) is 0 Å². The van der Waals surface area contributed by atoms with Gasteiger partial charge in [0.05, 0.1) is 0 Å². The molecule has 0 spiro atoms. The Kier molecular flexibility index (Phi) is 2.58. The topological polar surface area (TPSA) is 24.9 Å². The molecule has 1 heterocycles. The molecule has 0 aliphatic carbocycles. The maximum atomic E-state index is 12.8. The molecule has 0 atom stereocenters. The molecule has 0 amide bonds. The number of hydrogen-bond acceptors (Lipinski definition) is 2. The zero-order valence-electron chi connectivity index (χ0n) is 7.74. The van der Waals surface area contributed by atoms with Gasteiger partial charge in [0.2, 0.25) is 0 Å². The van der Waals surface area contributed by atoms with Crippen LogP contribution in [0.2, 0.25) is 0 Å². The third-order valence-corrected chi connectivity index (χ3v) is 1.80. The quantitative estimate of drug-likeness (QED) is 0.816. The molecular formula is C11H8F2N2. The Balaban J connectivity index is 2.25. The summed E-state index contributed by atoms with van der Waals surface area (Å²) < 4.78 is 25.7. The maximum absolute atomic E-state index is 12.8. The van der Waals surface area contributed by atoms with Crippen LogP contribution < -0.4 is 5.32 Å². The van der Waals surface area contributed by atoms with Crippen molar-refractivity contribution < 1.29 is 8.78 Å². The molecule has 15 heavy (non-hydrogen) atoms. The summed E-state index contributed by atoms with van der Waals surface area (Å²) in [5, 5.41) is 2.79. The van der Waals surface area contributed by atoms with E-state index in [1.807, 2.05) is 0 Å². The summed E-state index contributed by atoms with van der Waals surface area (Å²) in [7, 11) is 0. The van der Waals surface area contributed by atoms with Gasteiger partial charge in [-0.1, -0.05) is 6.07 Å². The van der Waals surface area contributed by atoms with E-state index in [4.69, 9.17) is 0 Å². The van der Waals surface area contributed by atoms with Crippen LogP contribution in [-0.2, 0) is 0 Å². The van der Waals surface area contributed by atoms with Crippen molar-refractivity contribution in [2.24, 2.45) is 0 Å². The summed E-state index contributed by atoms with van der Waals surface area (Å²) in [5.74, 6) is -0.690. The van der Waals surface area contributed by atoms with Crippen molar-refractivity contribution in [1.82, 2.24) is 4.98 Å². The molecule has 0 saturated carbocycles. The molecule has 2 aromatic rings. The van der Waals surface area contributed by atoms with Gasteiger partial charge in [0, 0.05) is 18.0 Å². The molecule has 0 unspecified atom stereocenters. The van der Waals surface area contributed by atoms with Gasteiger partial charge in [0.1, 0.15) is 17.5 Å². The normalized spacial score (nSPS) is 10.0. The van der Waals surface area contributed by atoms with E-state index in [1.54, 1.807) is 24.4 Å². The van der Waals surface area contributed by atoms with Crippen LogP contribution in [0.4, 0.5) is 20.3 Å². The van der Waals surface area contributed by atoms with Crippen LogP contribution in [0, 0.1) is 11.6 Å². The smallest absolute Gasteiger partial charge is 0.130 e. The predicted octanol–water partition coefficient (Wildman–Crippen LogP) is 3.10. The lowest BCUT2D eigenvalue weighted by molar-refractivity contribution is 0.584. The fraction of sp³-hybridized carbons (Fsp3) is 0. The van der Waals surface area contributed by atoms with E-state index in [2.05, 4.69) is 10.3 Å². The minimum atomic E-state index is -0.617. The second-order valence-electron chi connectivity index (χ2n) is 3.00. The van der Waals surface area contributed by atoms with E-state index in [-0.39, 0.29) is 0 Å². The Morgan fingerprint density at radius 1 is 1.00 bits per heavy atom. The van der Waals surface area contributed by atoms with Gasteiger partial charge >= 0.3 is 0 Å². The number of hydrogen-bond donors (Lipinski definition) is 1. The molecule has 1 aromatic heterocycles. The molecule has 0 saturated heterocycles. The van der Waals surface area contributed by atoms with Crippen molar-refractivity contribution in [3.63, 3.8) is 0 Å². The first-order valence-corrected chi connectivity index (χ1v) is 4.38. The molecule has 0 aliphatic heterocycles. The first kappa shape index (κ1) is 9.58. The van der Waals surface area contributed by atoms with Gasteiger partial charge in [0.15, 0.2) is 0 Å². The summed E-state index contributed by atoms with van der Waals surface area (Å²) in [6.45, 7) is 0. The largest absolute Gasteiger partial charge is 0.340 e. The number of nitrogens with zero attached hydrogens (tertiary/aromatic N) is 1. The Labute approximate surface area is 85.6 Å². The third kappa shape index (κ3) is 2.49. The molecule has 76 valence electrons. The Morgan fingerprint density at radius 2 is 1.73 bits per heavy atom. The maximum Gasteiger partial charge on any atom is 0.130 e. The van der Waals surface area contributed by atoms with Gasteiger partial charge in [-0.3, -0.25) is 0 Å². The van der Waals surface area contributed by atoms with Crippen molar-refractivity contribution in [3.05, 3.63) is 54.2 Å². The van der Waals surface area contributed by atoms with E-state index < -0.39 is 11.6 Å². The Morgan fingerprint density at radius 3 is 2.33 bits per heavy atom. The number of aromatic nitrogens is 1. The Bertz CT molecular complexity index is 437. The molecule has 1 aromatic carbocycles. The van der Waals surface area contributed by atoms with E-state index in [0.29, 0.717) is 11.5 Å². The van der Waals surface area contributed by atoms with Gasteiger partial charge in [-0.15, -0.1) is 0 Å². The van der Waals surface area contributed by atoms with Gasteiger partial charge < -0.3 is 5.32 Å². The number of pyridine rings is 1. The summed E-state index contributed by atoms with van der Waals surface area (Å²) in [5.41, 5.74) is 0.339. The Hall–Kier alpha value is -1.97. The lowest BCUT2D eigenvalue weighted by atomic mass is 10.3. The lowest BCUT2D eigenvalue weighted by Gasteiger charge is -2.04. The molecule has 4 heteroatoms. The third-order valence-electron chi connectivity index (χ3n) is 1.80. The monoisotopic (exact) mass is 206 g/mol. The summed E-state index contributed by atoms with van der Waals surface area (Å²) in [4.78, 5) is 3.98. The van der Waals surface area contributed by atoms with Gasteiger partial charge in [-0.25, -0.2) is 13.8 Å². The highest BCUT2D eigenvalue weighted by atomic mass is 19.1. The molecule has 0 bridgehead atoms. The van der Waals surface area contributed by atoms with Crippen LogP contribution in [-0.4, -0.2) is 4.98 Å². The second kappa shape index (κ2) is 4.04. The number of rotatable bonds is 2. The average Bonchev–Trinajstić information content (AvgIpc) is 2.17. The van der Waals surface area contributed by atoms with Gasteiger partial charge in [-0.05, 0) is 24.3 Å². The zero-order chi connectivity index (χ0) is 10.7. The minimum Gasteiger partial charge on any atom is -0.340 e. The van der Waals surface area contributed by atoms with Crippen LogP contribution in [0.25, 0.3) is 0 Å². The molecule has 0 radical (unpaired) electrons. The predicted molar refractivity (Wildman–Crippen MR) is 53.9 cm³/mol. The van der Waals surface area contributed by atoms with Crippen molar-refractivity contribution >= 4 is 11.5 Å². The minimum absolute atomic E-state index is 0.339. The highest BCUT2D eigenvalue weighted by molar-refractivity contribution is 5.55. The van der Waals surface area contributed by atoms with Crippen LogP contribution in [0.1, 0.15) is 0 Å². The molecule has 0 fully saturated rings. The average molecular weight is 206 g/mol. The standard InChI is InChI=1S/C11H8F2N2/c12-8-5-9(13)7-10(6-8)15-11-3-1-2-4-14-11/h1-7H,(H,14,15). The lowest BCUT2D eigenvalue weighted by Crippen LogP contribution is -1.94. The number of halogens is 2. The summed E-state index contributed by atoms with van der Waals surface area (Å²) in [6, 6.07) is 8.49. The van der Waals surface area contributed by atoms with Crippen LogP contribution in [0.3, 0.4) is 0 Å². The van der Waals surface area contributed by atoms with Crippen molar-refractivity contribution in [1.29, 1.82) is 0 Å². The molecule has 2 rings (SSSR count). The van der Waals surface area contributed by atoms with E-state index in [0.717, 1.165) is 6.07 Å². The fourth-order valence-corrected chi connectivity index (χ4v) is 1.21. The first-order valence-electron chi connectivity index (χ1n) is 4.38. The van der Waals surface area contributed by atoms with E-state index in [1.165, 1.54) is 12.1 Å². The van der Waals surface area contributed by atoms with Gasteiger partial charge in [0.25, 0.3) is 0 Å². The molecule has 0 aliphatic rings. The number of benzene rings is 1. The first-order chi connectivity index (χ1) is 7.24. The molecule has 2 nitrogen and oxygen atoms in total. The SMILES string of the molecule is Fc1cc(F)cc(Nc2ccccn2)c1. The summed E-state index contributed by atoms with van der Waals surface area (Å²) >= 11 is 0. The highest BCUT2D eigenvalue weighted by Gasteiger charge is 2.00. The zero-order valence-corrected chi connectivity index (χ0v) is 7.74. The van der Waals surface area contributed by atoms with Crippen molar-refractivity contribution in [2.75, 3.05) is 5.32 Å². The molecule has 1 N–H and O–H groups in total. The fourth-order valence-electron chi connectivity index (χ4n) is 1.21. The van der Waals surface area contributed by atoms with Crippen LogP contribution in [0.15, 0.2) is 42.6 Å². The summed E-state index contributed by atoms with van der Waals surface area (Å²) in [6.07, 6.45) is 1.60. The van der Waals surface area contributed by atoms with E-state index >= 15 is 0 Å². The van der Waals surface area contributed by atoms with Crippen molar-refractivity contribution in [3.8, 4) is 0 Å². The van der Waals surface area contributed by atoms with Crippen molar-refractivity contribution in [2.45, 2.75) is 0 Å². The number of nitrogens with one attached hydrogen (secondary N) is 1. The van der Waals surface area contributed by atoms with Crippen LogP contribution in [0.5, 0.6) is 0 Å². The van der Waals surface area contributed by atoms with E-state index in [9.17, 15) is 8.78 Å².